The van der Waals surface area contributed by atoms with E-state index in [4.69, 9.17) is 21.1 Å². The summed E-state index contributed by atoms with van der Waals surface area (Å²) >= 11 is 5.97. The van der Waals surface area contributed by atoms with Crippen LogP contribution in [0.5, 0.6) is 5.75 Å². The van der Waals surface area contributed by atoms with Gasteiger partial charge in [0.2, 0.25) is 5.91 Å². The molecule has 1 aliphatic rings. The van der Waals surface area contributed by atoms with Crippen LogP contribution in [0.4, 0.5) is 5.69 Å². The molecule has 0 atom stereocenters. The number of hydrogen-bond donors (Lipinski definition) is 1. The lowest BCUT2D eigenvalue weighted by molar-refractivity contribution is -0.116. The summed E-state index contributed by atoms with van der Waals surface area (Å²) in [4.78, 5) is 27.0. The molecule has 29 heavy (non-hydrogen) atoms. The van der Waals surface area contributed by atoms with Crippen molar-refractivity contribution in [2.24, 2.45) is 0 Å². The van der Waals surface area contributed by atoms with E-state index in [0.717, 1.165) is 32.8 Å². The predicted octanol–water partition coefficient (Wildman–Crippen LogP) is 3.78. The van der Waals surface area contributed by atoms with Crippen molar-refractivity contribution in [3.8, 4) is 5.75 Å². The summed E-state index contributed by atoms with van der Waals surface area (Å²) < 4.78 is 10.6. The lowest BCUT2D eigenvalue weighted by atomic mass is 10.1. The van der Waals surface area contributed by atoms with Gasteiger partial charge in [0, 0.05) is 43.2 Å². The minimum absolute atomic E-state index is 0.0810. The first-order chi connectivity index (χ1) is 14.0. The minimum Gasteiger partial charge on any atom is -0.496 e. The Labute approximate surface area is 175 Å². The first-order valence-electron chi connectivity index (χ1n) is 9.61. The Balaban J connectivity index is 1.49. The average Bonchev–Trinajstić information content (AvgIpc) is 2.74. The van der Waals surface area contributed by atoms with E-state index < -0.39 is 0 Å². The van der Waals surface area contributed by atoms with Gasteiger partial charge in [0.05, 0.1) is 25.9 Å². The largest absolute Gasteiger partial charge is 0.496 e. The van der Waals surface area contributed by atoms with E-state index in [1.165, 1.54) is 12.7 Å². The number of nitrogens with one attached hydrogen (secondary N) is 1. The Kier molecular flexibility index (Phi) is 7.63. The molecule has 1 aliphatic heterocycles. The van der Waals surface area contributed by atoms with Crippen LogP contribution in [0.1, 0.15) is 28.8 Å². The number of hydrogen-bond acceptors (Lipinski definition) is 5. The van der Waals surface area contributed by atoms with Crippen molar-refractivity contribution in [2.75, 3.05) is 38.7 Å². The number of ether oxygens (including phenoxy) is 2. The summed E-state index contributed by atoms with van der Waals surface area (Å²) in [6.07, 6.45) is 0.168. The first-order valence-corrected chi connectivity index (χ1v) is 9.98. The molecule has 0 bridgehead atoms. The van der Waals surface area contributed by atoms with Crippen molar-refractivity contribution in [1.29, 1.82) is 0 Å². The monoisotopic (exact) mass is 416 g/mol. The summed E-state index contributed by atoms with van der Waals surface area (Å²) in [6.45, 7) is 4.28. The minimum atomic E-state index is -0.208. The third-order valence-corrected chi connectivity index (χ3v) is 5.02. The van der Waals surface area contributed by atoms with Crippen LogP contribution >= 0.6 is 11.6 Å². The standard InChI is InChI=1S/C22H25ClN2O4/c1-28-21-8-4-17(23)14-19(21)20(26)7-9-22(27)24-18-5-2-16(3-6-18)15-25-10-12-29-13-11-25/h2-6,8,14H,7,9-13,15H2,1H3,(H,24,27). The lowest BCUT2D eigenvalue weighted by Gasteiger charge is -2.26. The highest BCUT2D eigenvalue weighted by atomic mass is 35.5. The van der Waals surface area contributed by atoms with Crippen LogP contribution in [0.2, 0.25) is 5.02 Å². The van der Waals surface area contributed by atoms with Crippen LogP contribution in [0, 0.1) is 0 Å². The van der Waals surface area contributed by atoms with Crippen LogP contribution in [0.25, 0.3) is 0 Å². The number of methoxy groups -OCH3 is 1. The van der Waals surface area contributed by atoms with Crippen molar-refractivity contribution in [2.45, 2.75) is 19.4 Å². The van der Waals surface area contributed by atoms with Crippen LogP contribution in [0.15, 0.2) is 42.5 Å². The fourth-order valence-electron chi connectivity index (χ4n) is 3.19. The third-order valence-electron chi connectivity index (χ3n) is 4.79. The van der Waals surface area contributed by atoms with E-state index in [0.29, 0.717) is 22.0 Å². The number of nitrogens with zero attached hydrogens (tertiary/aromatic N) is 1. The normalized spacial score (nSPS) is 14.4. The number of morpholine rings is 1. The highest BCUT2D eigenvalue weighted by Gasteiger charge is 2.15. The molecular weight excluding hydrogens is 392 g/mol. The molecular formula is C22H25ClN2O4. The molecule has 0 unspecified atom stereocenters. The van der Waals surface area contributed by atoms with E-state index in [1.807, 2.05) is 24.3 Å². The number of ketones is 1. The molecule has 2 aromatic carbocycles. The van der Waals surface area contributed by atoms with Gasteiger partial charge in [0.1, 0.15) is 5.75 Å². The Hall–Kier alpha value is -2.41. The van der Waals surface area contributed by atoms with E-state index >= 15 is 0 Å². The summed E-state index contributed by atoms with van der Waals surface area (Å²) in [5, 5.41) is 3.29. The predicted molar refractivity (Wildman–Crippen MR) is 113 cm³/mol. The maximum Gasteiger partial charge on any atom is 0.224 e. The van der Waals surface area contributed by atoms with Crippen LogP contribution < -0.4 is 10.1 Å². The number of amides is 1. The molecule has 0 spiro atoms. The van der Waals surface area contributed by atoms with E-state index in [-0.39, 0.29) is 24.5 Å². The van der Waals surface area contributed by atoms with Gasteiger partial charge in [-0.05, 0) is 35.9 Å². The van der Waals surface area contributed by atoms with Crippen molar-refractivity contribution in [3.05, 3.63) is 58.6 Å². The molecule has 2 aromatic rings. The first kappa shape index (κ1) is 21.3. The third kappa shape index (κ3) is 6.29. The molecule has 0 saturated carbocycles. The molecule has 0 aliphatic carbocycles. The Morgan fingerprint density at radius 1 is 1.10 bits per heavy atom. The van der Waals surface area contributed by atoms with Gasteiger partial charge >= 0.3 is 0 Å². The van der Waals surface area contributed by atoms with Crippen molar-refractivity contribution >= 4 is 29.0 Å². The number of benzene rings is 2. The van der Waals surface area contributed by atoms with E-state index in [9.17, 15) is 9.59 Å². The second-order valence-corrected chi connectivity index (χ2v) is 7.34. The number of carbonyl (C=O) groups is 2. The molecule has 7 heteroatoms. The van der Waals surface area contributed by atoms with Gasteiger partial charge in [-0.1, -0.05) is 23.7 Å². The average molecular weight is 417 g/mol. The molecule has 6 nitrogen and oxygen atoms in total. The zero-order valence-corrected chi connectivity index (χ0v) is 17.2. The molecule has 1 amide bonds. The quantitative estimate of drug-likeness (QED) is 0.663. The fourth-order valence-corrected chi connectivity index (χ4v) is 3.37. The van der Waals surface area contributed by atoms with Gasteiger partial charge in [0.15, 0.2) is 5.78 Å². The van der Waals surface area contributed by atoms with E-state index in [1.54, 1.807) is 18.2 Å². The van der Waals surface area contributed by atoms with E-state index in [2.05, 4.69) is 10.2 Å². The molecule has 1 heterocycles. The SMILES string of the molecule is COc1ccc(Cl)cc1C(=O)CCC(=O)Nc1ccc(CN2CCOCC2)cc1. The smallest absolute Gasteiger partial charge is 0.224 e. The van der Waals surface area contributed by atoms with Crippen LogP contribution in [-0.2, 0) is 16.1 Å². The Bertz CT molecular complexity index is 848. The summed E-state index contributed by atoms with van der Waals surface area (Å²) in [5.74, 6) is 0.0660. The van der Waals surface area contributed by atoms with Gasteiger partial charge < -0.3 is 14.8 Å². The second-order valence-electron chi connectivity index (χ2n) is 6.90. The zero-order chi connectivity index (χ0) is 20.6. The summed E-state index contributed by atoms with van der Waals surface area (Å²) in [5.41, 5.74) is 2.29. The van der Waals surface area contributed by atoms with Crippen LogP contribution in [0.3, 0.4) is 0 Å². The summed E-state index contributed by atoms with van der Waals surface area (Å²) in [6, 6.07) is 12.7. The molecule has 1 saturated heterocycles. The van der Waals surface area contributed by atoms with Crippen LogP contribution in [-0.4, -0.2) is 50.0 Å². The van der Waals surface area contributed by atoms with Gasteiger partial charge in [-0.3, -0.25) is 14.5 Å². The fraction of sp³-hybridized carbons (Fsp3) is 0.364. The topological polar surface area (TPSA) is 67.9 Å². The Morgan fingerprint density at radius 3 is 2.52 bits per heavy atom. The van der Waals surface area contributed by atoms with Gasteiger partial charge in [-0.25, -0.2) is 0 Å². The van der Waals surface area contributed by atoms with Crippen molar-refractivity contribution in [3.63, 3.8) is 0 Å². The molecule has 0 aromatic heterocycles. The maximum absolute atomic E-state index is 12.4. The summed E-state index contributed by atoms with van der Waals surface area (Å²) in [7, 11) is 1.50. The Morgan fingerprint density at radius 2 is 1.83 bits per heavy atom. The van der Waals surface area contributed by atoms with Gasteiger partial charge in [-0.15, -0.1) is 0 Å². The second kappa shape index (κ2) is 10.4. The van der Waals surface area contributed by atoms with Gasteiger partial charge in [0.25, 0.3) is 0 Å². The lowest BCUT2D eigenvalue weighted by Crippen LogP contribution is -2.35. The maximum atomic E-state index is 12.4. The molecule has 1 fully saturated rings. The molecule has 154 valence electrons. The van der Waals surface area contributed by atoms with Crippen molar-refractivity contribution < 1.29 is 19.1 Å². The highest BCUT2D eigenvalue weighted by molar-refractivity contribution is 6.31. The number of carbonyl (C=O) groups excluding carboxylic acids is 2. The zero-order valence-electron chi connectivity index (χ0n) is 16.4. The number of rotatable bonds is 8. The number of anilines is 1. The molecule has 1 N–H and O–H groups in total. The highest BCUT2D eigenvalue weighted by Crippen LogP contribution is 2.24. The molecule has 0 radical (unpaired) electrons. The molecule has 3 rings (SSSR count). The van der Waals surface area contributed by atoms with Gasteiger partial charge in [-0.2, -0.15) is 0 Å². The van der Waals surface area contributed by atoms with Crippen molar-refractivity contribution in [1.82, 2.24) is 4.90 Å². The number of halogens is 1. The number of Topliss-reactive ketones (excluding diaryl/α,β-unsaturated/α-hetero) is 1.